The number of alkyl halides is 1. The molecule has 0 spiro atoms. The molecule has 1 saturated carbocycles. The SMILES string of the molecule is Cc1cc2c(cc1N1CC3=C(C4CC4)CC(S)(I)C=C3NC1=O)OC(c1ncccc1F)CC2. The topological polar surface area (TPSA) is 54.5 Å². The molecule has 2 atom stereocenters. The van der Waals surface area contributed by atoms with Crippen molar-refractivity contribution in [2.75, 3.05) is 11.4 Å². The Hall–Kier alpha value is -2.07. The van der Waals surface area contributed by atoms with Crippen LogP contribution in [-0.4, -0.2) is 20.3 Å². The summed E-state index contributed by atoms with van der Waals surface area (Å²) in [6.45, 7) is 2.56. The Morgan fingerprint density at radius 3 is 2.91 bits per heavy atom. The van der Waals surface area contributed by atoms with E-state index in [0.29, 0.717) is 30.3 Å². The Bertz CT molecular complexity index is 1270. The number of hydrogen-bond donors (Lipinski definition) is 2. The van der Waals surface area contributed by atoms with Gasteiger partial charge in [-0.15, -0.1) is 0 Å². The molecule has 5 nitrogen and oxygen atoms in total. The summed E-state index contributed by atoms with van der Waals surface area (Å²) >= 11 is 7.18. The number of benzene rings is 1. The highest BCUT2D eigenvalue weighted by atomic mass is 127. The number of ether oxygens (including phenoxy) is 1. The number of allylic oxidation sites excluding steroid dienone is 1. The van der Waals surface area contributed by atoms with Crippen LogP contribution < -0.4 is 15.0 Å². The van der Waals surface area contributed by atoms with Gasteiger partial charge in [0.1, 0.15) is 23.4 Å². The van der Waals surface area contributed by atoms with Crippen LogP contribution in [0.25, 0.3) is 0 Å². The average Bonchev–Trinajstić information content (AvgIpc) is 3.63. The van der Waals surface area contributed by atoms with Gasteiger partial charge in [-0.3, -0.25) is 9.88 Å². The summed E-state index contributed by atoms with van der Waals surface area (Å²) in [6.07, 6.45) is 7.96. The summed E-state index contributed by atoms with van der Waals surface area (Å²) in [4.78, 5) is 19.2. The maximum atomic E-state index is 14.3. The Kier molecular flexibility index (Phi) is 5.44. The molecule has 3 heterocycles. The van der Waals surface area contributed by atoms with Gasteiger partial charge >= 0.3 is 6.03 Å². The maximum absolute atomic E-state index is 14.3. The van der Waals surface area contributed by atoms with Crippen LogP contribution in [0.1, 0.15) is 48.6 Å². The van der Waals surface area contributed by atoms with E-state index in [9.17, 15) is 9.18 Å². The van der Waals surface area contributed by atoms with Gasteiger partial charge in [0, 0.05) is 18.0 Å². The normalized spacial score (nSPS) is 26.4. The molecule has 2 amide bonds. The summed E-state index contributed by atoms with van der Waals surface area (Å²) < 4.78 is 20.3. The first-order valence-electron chi connectivity index (χ1n) is 11.6. The van der Waals surface area contributed by atoms with Crippen LogP contribution in [0.4, 0.5) is 14.9 Å². The van der Waals surface area contributed by atoms with E-state index < -0.39 is 6.10 Å². The number of aryl methyl sites for hydroxylation is 2. The molecule has 2 fully saturated rings. The highest BCUT2D eigenvalue weighted by Crippen LogP contribution is 2.50. The number of pyridine rings is 1. The summed E-state index contributed by atoms with van der Waals surface area (Å²) in [7, 11) is 0. The van der Waals surface area contributed by atoms with E-state index >= 15 is 0 Å². The number of amides is 2. The van der Waals surface area contributed by atoms with Crippen molar-refractivity contribution in [1.82, 2.24) is 10.3 Å². The monoisotopic (exact) mass is 589 g/mol. The van der Waals surface area contributed by atoms with Gasteiger partial charge in [-0.1, -0.05) is 34.2 Å². The Morgan fingerprint density at radius 2 is 2.15 bits per heavy atom. The van der Waals surface area contributed by atoms with Crippen molar-refractivity contribution in [3.63, 3.8) is 0 Å². The van der Waals surface area contributed by atoms with E-state index in [2.05, 4.69) is 45.0 Å². The Labute approximate surface area is 217 Å². The largest absolute Gasteiger partial charge is 0.484 e. The lowest BCUT2D eigenvalue weighted by Gasteiger charge is -2.38. The number of nitrogens with zero attached hydrogens (tertiary/aromatic N) is 2. The minimum absolute atomic E-state index is 0.154. The van der Waals surface area contributed by atoms with E-state index in [4.69, 9.17) is 17.4 Å². The van der Waals surface area contributed by atoms with E-state index in [0.717, 1.165) is 35.4 Å². The molecule has 0 radical (unpaired) electrons. The van der Waals surface area contributed by atoms with Crippen molar-refractivity contribution in [1.29, 1.82) is 0 Å². The first-order valence-corrected chi connectivity index (χ1v) is 13.2. The minimum atomic E-state index is -0.441. The van der Waals surface area contributed by atoms with Crippen molar-refractivity contribution in [2.24, 2.45) is 5.92 Å². The fraction of sp³-hybridized carbons (Fsp3) is 0.385. The van der Waals surface area contributed by atoms with Crippen molar-refractivity contribution in [2.45, 2.75) is 47.9 Å². The van der Waals surface area contributed by atoms with Crippen LogP contribution in [0.5, 0.6) is 5.75 Å². The van der Waals surface area contributed by atoms with E-state index in [1.807, 2.05) is 13.0 Å². The molecular weight excluding hydrogens is 564 g/mol. The molecule has 1 aromatic heterocycles. The lowest BCUT2D eigenvalue weighted by molar-refractivity contribution is 0.167. The Balaban J connectivity index is 1.34. The maximum Gasteiger partial charge on any atom is 0.326 e. The van der Waals surface area contributed by atoms with Crippen molar-refractivity contribution in [3.05, 3.63) is 76.0 Å². The fourth-order valence-electron chi connectivity index (χ4n) is 5.29. The molecule has 34 heavy (non-hydrogen) atoms. The number of carbonyl (C=O) groups is 1. The molecule has 8 heteroatoms. The second kappa shape index (κ2) is 8.26. The van der Waals surface area contributed by atoms with E-state index in [-0.39, 0.29) is 14.6 Å². The van der Waals surface area contributed by atoms with Gasteiger partial charge in [-0.25, -0.2) is 9.18 Å². The zero-order chi connectivity index (χ0) is 23.6. The van der Waals surface area contributed by atoms with Gasteiger partial charge in [-0.2, -0.15) is 12.6 Å². The zero-order valence-corrected chi connectivity index (χ0v) is 21.8. The van der Waals surface area contributed by atoms with Crippen molar-refractivity contribution >= 4 is 46.9 Å². The number of hydrogen-bond acceptors (Lipinski definition) is 4. The number of aromatic nitrogens is 1. The van der Waals surface area contributed by atoms with Gasteiger partial charge < -0.3 is 10.1 Å². The predicted molar refractivity (Wildman–Crippen MR) is 141 cm³/mol. The number of anilines is 1. The number of rotatable bonds is 3. The summed E-state index contributed by atoms with van der Waals surface area (Å²) in [5.74, 6) is 0.932. The molecule has 2 unspecified atom stereocenters. The number of carbonyl (C=O) groups excluding carboxylic acids is 1. The van der Waals surface area contributed by atoms with Crippen LogP contribution in [0, 0.1) is 18.7 Å². The molecular formula is C26H25FIN3O2S. The number of urea groups is 1. The van der Waals surface area contributed by atoms with Gasteiger partial charge in [-0.05, 0) is 79.9 Å². The third-order valence-electron chi connectivity index (χ3n) is 7.10. The van der Waals surface area contributed by atoms with Crippen LogP contribution in [0.15, 0.2) is 53.4 Å². The smallest absolute Gasteiger partial charge is 0.326 e. The molecule has 1 aromatic carbocycles. The van der Waals surface area contributed by atoms with Crippen molar-refractivity contribution < 1.29 is 13.9 Å². The molecule has 2 aliphatic carbocycles. The van der Waals surface area contributed by atoms with Crippen LogP contribution in [0.3, 0.4) is 0 Å². The summed E-state index contributed by atoms with van der Waals surface area (Å²) in [5, 5.41) is 3.12. The Morgan fingerprint density at radius 1 is 1.32 bits per heavy atom. The molecule has 0 bridgehead atoms. The number of nitrogens with one attached hydrogen (secondary N) is 1. The number of thiol groups is 1. The second-order valence-corrected chi connectivity index (χ2v) is 13.2. The average molecular weight is 589 g/mol. The quantitative estimate of drug-likeness (QED) is 0.256. The molecule has 176 valence electrons. The first-order chi connectivity index (χ1) is 16.3. The summed E-state index contributed by atoms with van der Waals surface area (Å²) in [5.41, 5.74) is 6.78. The number of fused-ring (bicyclic) bond motifs is 2. The summed E-state index contributed by atoms with van der Waals surface area (Å²) in [6, 6.07) is 6.87. The predicted octanol–water partition coefficient (Wildman–Crippen LogP) is 6.18. The van der Waals surface area contributed by atoms with Gasteiger partial charge in [0.05, 0.1) is 15.0 Å². The molecule has 1 N–H and O–H groups in total. The highest BCUT2D eigenvalue weighted by Gasteiger charge is 2.41. The molecule has 6 rings (SSSR count). The van der Waals surface area contributed by atoms with Crippen LogP contribution in [-0.2, 0) is 6.42 Å². The third kappa shape index (κ3) is 4.02. The molecule has 2 aliphatic heterocycles. The van der Waals surface area contributed by atoms with Gasteiger partial charge in [0.15, 0.2) is 0 Å². The van der Waals surface area contributed by atoms with Crippen molar-refractivity contribution in [3.8, 4) is 5.75 Å². The van der Waals surface area contributed by atoms with E-state index in [1.165, 1.54) is 30.1 Å². The minimum Gasteiger partial charge on any atom is -0.484 e. The van der Waals surface area contributed by atoms with E-state index in [1.54, 1.807) is 17.2 Å². The second-order valence-electron chi connectivity index (χ2n) is 9.61. The van der Waals surface area contributed by atoms with Gasteiger partial charge in [0.2, 0.25) is 0 Å². The highest BCUT2D eigenvalue weighted by molar-refractivity contribution is 14.1. The lowest BCUT2D eigenvalue weighted by Crippen LogP contribution is -2.49. The fourth-order valence-corrected chi connectivity index (χ4v) is 6.31. The lowest BCUT2D eigenvalue weighted by atomic mass is 9.89. The van der Waals surface area contributed by atoms with Gasteiger partial charge in [0.25, 0.3) is 0 Å². The third-order valence-corrected chi connectivity index (χ3v) is 8.08. The molecule has 1 saturated heterocycles. The first kappa shape index (κ1) is 22.4. The van der Waals surface area contributed by atoms with Crippen LogP contribution in [0.2, 0.25) is 0 Å². The molecule has 2 aromatic rings. The molecule has 4 aliphatic rings. The standard InChI is InChI=1S/C26H25FIN3O2S/c1-14-9-16-6-7-22(24-19(27)3-2-8-29-24)33-23(16)10-21(14)31-13-18-17(15-4-5-15)11-26(28,34)12-20(18)30-25(31)32/h2-3,8-10,12,15,22,34H,4-7,11,13H2,1H3,(H,30,32). The van der Waals surface area contributed by atoms with Crippen LogP contribution >= 0.6 is 35.2 Å². The number of halogens is 2. The zero-order valence-electron chi connectivity index (χ0n) is 18.8.